The van der Waals surface area contributed by atoms with Gasteiger partial charge in [-0.2, -0.15) is 20.7 Å². The number of aromatic nitrogens is 4. The number of carboxylic acids is 1. The van der Waals surface area contributed by atoms with Crippen molar-refractivity contribution >= 4 is 5.97 Å². The van der Waals surface area contributed by atoms with Gasteiger partial charge in [-0.15, -0.1) is 0 Å². The minimum Gasteiger partial charge on any atom is -0.479 e. The number of aliphatic hydroxyl groups is 1. The summed E-state index contributed by atoms with van der Waals surface area (Å²) in [6, 6.07) is 3.75. The number of H-pyrrole nitrogens is 1. The van der Waals surface area contributed by atoms with Gasteiger partial charge in [0.25, 0.3) is 0 Å². The van der Waals surface area contributed by atoms with E-state index >= 15 is 0 Å². The van der Waals surface area contributed by atoms with Gasteiger partial charge in [-0.1, -0.05) is 0 Å². The van der Waals surface area contributed by atoms with E-state index in [2.05, 4.69) is 15.3 Å². The number of nitrogens with one attached hydrogen (secondary N) is 1. The van der Waals surface area contributed by atoms with Crippen LogP contribution in [0.1, 0.15) is 11.1 Å². The summed E-state index contributed by atoms with van der Waals surface area (Å²) in [5.41, 5.74) is 0.901. The second kappa shape index (κ2) is 7.31. The van der Waals surface area contributed by atoms with E-state index in [9.17, 15) is 4.79 Å². The third-order valence-electron chi connectivity index (χ3n) is 2.03. The first kappa shape index (κ1) is 14.9. The van der Waals surface area contributed by atoms with E-state index in [-0.39, 0.29) is 6.54 Å². The summed E-state index contributed by atoms with van der Waals surface area (Å²) in [6.07, 6.45) is 4.19. The van der Waals surface area contributed by atoms with Crippen molar-refractivity contribution in [3.63, 3.8) is 0 Å². The molecule has 0 saturated carbocycles. The molecular formula is C11H10N6O3. The molecule has 0 aliphatic heterocycles. The molecule has 9 heteroatoms. The maximum absolute atomic E-state index is 10.2. The zero-order chi connectivity index (χ0) is 15.0. The Balaban J connectivity index is 0.000000240. The monoisotopic (exact) mass is 274 g/mol. The number of aliphatic carboxylic acids is 1. The van der Waals surface area contributed by atoms with Gasteiger partial charge in [0.05, 0.1) is 30.1 Å². The van der Waals surface area contributed by atoms with Gasteiger partial charge < -0.3 is 10.2 Å². The largest absolute Gasteiger partial charge is 0.479 e. The van der Waals surface area contributed by atoms with Crippen molar-refractivity contribution in [3.05, 3.63) is 35.9 Å². The molecule has 2 aromatic rings. The third kappa shape index (κ3) is 4.60. The molecule has 1 unspecified atom stereocenters. The van der Waals surface area contributed by atoms with Crippen LogP contribution in [-0.4, -0.2) is 42.3 Å². The van der Waals surface area contributed by atoms with E-state index in [0.717, 1.165) is 0 Å². The number of aromatic amines is 1. The molecular weight excluding hydrogens is 264 g/mol. The van der Waals surface area contributed by atoms with Crippen molar-refractivity contribution in [2.75, 3.05) is 0 Å². The van der Waals surface area contributed by atoms with E-state index in [1.165, 1.54) is 23.3 Å². The minimum absolute atomic E-state index is 0.156. The first-order valence-electron chi connectivity index (χ1n) is 5.29. The summed E-state index contributed by atoms with van der Waals surface area (Å²) in [5, 5.41) is 43.5. The predicted octanol–water partition coefficient (Wildman–Crippen LogP) is -0.518. The molecule has 0 aromatic carbocycles. The van der Waals surface area contributed by atoms with Crippen molar-refractivity contribution < 1.29 is 15.0 Å². The molecule has 1 atom stereocenters. The normalized spacial score (nSPS) is 10.6. The SMILES string of the molecule is N#Cc1cn[nH]c1.N#Cc1cnn(CC(O)C(=O)O)c1. The zero-order valence-corrected chi connectivity index (χ0v) is 10.1. The standard InChI is InChI=1S/C7H7N3O3.C4H3N3/c8-1-5-2-9-10(3-5)4-6(11)7(12)13;5-1-4-2-6-7-3-4/h2-3,6,11H,4H2,(H,12,13);2-3H,(H,6,7). The predicted molar refractivity (Wildman–Crippen MR) is 63.9 cm³/mol. The minimum atomic E-state index is -1.49. The summed E-state index contributed by atoms with van der Waals surface area (Å²) < 4.78 is 1.21. The topological polar surface area (TPSA) is 152 Å². The lowest BCUT2D eigenvalue weighted by atomic mass is 10.3. The highest BCUT2D eigenvalue weighted by molar-refractivity contribution is 5.71. The number of aliphatic hydroxyl groups excluding tert-OH is 1. The fraction of sp³-hybridized carbons (Fsp3) is 0.182. The van der Waals surface area contributed by atoms with E-state index in [4.69, 9.17) is 20.7 Å². The van der Waals surface area contributed by atoms with E-state index in [0.29, 0.717) is 11.1 Å². The first-order valence-corrected chi connectivity index (χ1v) is 5.29. The Morgan fingerprint density at radius 2 is 2.10 bits per heavy atom. The Morgan fingerprint density at radius 3 is 2.50 bits per heavy atom. The van der Waals surface area contributed by atoms with Crippen LogP contribution in [0.5, 0.6) is 0 Å². The fourth-order valence-corrected chi connectivity index (χ4v) is 1.09. The van der Waals surface area contributed by atoms with Crippen molar-refractivity contribution in [1.82, 2.24) is 20.0 Å². The molecule has 2 rings (SSSR count). The highest BCUT2D eigenvalue weighted by Crippen LogP contribution is 1.96. The van der Waals surface area contributed by atoms with Crippen LogP contribution in [0.3, 0.4) is 0 Å². The quantitative estimate of drug-likeness (QED) is 0.680. The van der Waals surface area contributed by atoms with Crippen LogP contribution < -0.4 is 0 Å². The number of nitriles is 2. The Labute approximate surface area is 113 Å². The average molecular weight is 274 g/mol. The average Bonchev–Trinajstić information content (AvgIpc) is 3.10. The van der Waals surface area contributed by atoms with E-state index in [1.54, 1.807) is 6.20 Å². The lowest BCUT2D eigenvalue weighted by Gasteiger charge is -2.03. The van der Waals surface area contributed by atoms with Crippen molar-refractivity contribution in [1.29, 1.82) is 10.5 Å². The number of hydrogen-bond donors (Lipinski definition) is 3. The van der Waals surface area contributed by atoms with Crippen molar-refractivity contribution in [2.45, 2.75) is 12.6 Å². The Bertz CT molecular complexity index is 634. The summed E-state index contributed by atoms with van der Waals surface area (Å²) in [6.45, 7) is -0.156. The summed E-state index contributed by atoms with van der Waals surface area (Å²) in [5.74, 6) is -1.31. The molecule has 2 aromatic heterocycles. The van der Waals surface area contributed by atoms with Crippen LogP contribution in [0.2, 0.25) is 0 Å². The number of rotatable bonds is 3. The Kier molecular flexibility index (Phi) is 5.44. The number of nitrogens with zero attached hydrogens (tertiary/aromatic N) is 5. The highest BCUT2D eigenvalue weighted by Gasteiger charge is 2.13. The van der Waals surface area contributed by atoms with Gasteiger partial charge in [-0.3, -0.25) is 9.78 Å². The maximum Gasteiger partial charge on any atom is 0.334 e. The van der Waals surface area contributed by atoms with Crippen LogP contribution in [0.15, 0.2) is 24.8 Å². The van der Waals surface area contributed by atoms with Gasteiger partial charge >= 0.3 is 5.97 Å². The first-order chi connectivity index (χ1) is 9.56. The smallest absolute Gasteiger partial charge is 0.334 e. The van der Waals surface area contributed by atoms with Gasteiger partial charge in [-0.05, 0) is 0 Å². The van der Waals surface area contributed by atoms with E-state index < -0.39 is 12.1 Å². The molecule has 0 aliphatic carbocycles. The number of carboxylic acid groups (broad SMARTS) is 1. The molecule has 0 spiro atoms. The maximum atomic E-state index is 10.2. The molecule has 102 valence electrons. The molecule has 0 bridgehead atoms. The van der Waals surface area contributed by atoms with Gasteiger partial charge in [-0.25, -0.2) is 4.79 Å². The molecule has 0 amide bonds. The van der Waals surface area contributed by atoms with E-state index in [1.807, 2.05) is 12.1 Å². The highest BCUT2D eigenvalue weighted by atomic mass is 16.4. The van der Waals surface area contributed by atoms with Crippen LogP contribution >= 0.6 is 0 Å². The fourth-order valence-electron chi connectivity index (χ4n) is 1.09. The second-order valence-electron chi connectivity index (χ2n) is 3.52. The molecule has 2 heterocycles. The second-order valence-corrected chi connectivity index (χ2v) is 3.52. The summed E-state index contributed by atoms with van der Waals surface area (Å²) in [7, 11) is 0. The number of hydrogen-bond acceptors (Lipinski definition) is 6. The molecule has 0 radical (unpaired) electrons. The summed E-state index contributed by atoms with van der Waals surface area (Å²) in [4.78, 5) is 10.2. The zero-order valence-electron chi connectivity index (χ0n) is 10.1. The van der Waals surface area contributed by atoms with Crippen molar-refractivity contribution in [3.8, 4) is 12.1 Å². The molecule has 20 heavy (non-hydrogen) atoms. The van der Waals surface area contributed by atoms with Gasteiger partial charge in [0.1, 0.15) is 12.1 Å². The lowest BCUT2D eigenvalue weighted by molar-refractivity contribution is -0.147. The molecule has 0 saturated heterocycles. The van der Waals surface area contributed by atoms with Gasteiger partial charge in [0.2, 0.25) is 0 Å². The van der Waals surface area contributed by atoms with Crippen molar-refractivity contribution in [2.24, 2.45) is 0 Å². The Morgan fingerprint density at radius 1 is 1.40 bits per heavy atom. The van der Waals surface area contributed by atoms with Gasteiger partial charge in [0, 0.05) is 12.4 Å². The molecule has 0 aliphatic rings. The molecule has 3 N–H and O–H groups in total. The van der Waals surface area contributed by atoms with Gasteiger partial charge in [0.15, 0.2) is 6.10 Å². The molecule has 9 nitrogen and oxygen atoms in total. The third-order valence-corrected chi connectivity index (χ3v) is 2.03. The van der Waals surface area contributed by atoms with Crippen LogP contribution in [0.4, 0.5) is 0 Å². The lowest BCUT2D eigenvalue weighted by Crippen LogP contribution is -2.25. The Hall–Kier alpha value is -3.17. The van der Waals surface area contributed by atoms with Crippen LogP contribution in [0, 0.1) is 22.7 Å². The van der Waals surface area contributed by atoms with Crippen LogP contribution in [0.25, 0.3) is 0 Å². The van der Waals surface area contributed by atoms with Crippen LogP contribution in [-0.2, 0) is 11.3 Å². The molecule has 0 fully saturated rings. The summed E-state index contributed by atoms with van der Waals surface area (Å²) >= 11 is 0. The number of carbonyl (C=O) groups is 1.